The van der Waals surface area contributed by atoms with Crippen LogP contribution < -0.4 is 0 Å². The first-order chi connectivity index (χ1) is 14.4. The van der Waals surface area contributed by atoms with E-state index < -0.39 is 17.8 Å². The number of hydrogen-bond acceptors (Lipinski definition) is 5. The van der Waals surface area contributed by atoms with E-state index in [-0.39, 0.29) is 24.6 Å². The Labute approximate surface area is 170 Å². The molecule has 1 aliphatic heterocycles. The van der Waals surface area contributed by atoms with Crippen molar-refractivity contribution in [3.63, 3.8) is 0 Å². The molecule has 0 spiro atoms. The van der Waals surface area contributed by atoms with Gasteiger partial charge in [-0.3, -0.25) is 19.7 Å². The minimum Gasteiger partial charge on any atom is -0.368 e. The van der Waals surface area contributed by atoms with Crippen molar-refractivity contribution >= 4 is 5.91 Å². The normalized spacial score (nSPS) is 17.0. The Morgan fingerprint density at radius 1 is 1.03 bits per heavy atom. The molecule has 1 unspecified atom stereocenters. The summed E-state index contributed by atoms with van der Waals surface area (Å²) in [5.41, 5.74) is 0.504. The maximum Gasteiger partial charge on any atom is 0.416 e. The number of aromatic nitrogens is 3. The molecular formula is C21H17F3N4O2. The minimum absolute atomic E-state index is 0.195. The highest BCUT2D eigenvalue weighted by Crippen LogP contribution is 2.34. The first-order valence-corrected chi connectivity index (χ1v) is 9.24. The van der Waals surface area contributed by atoms with Gasteiger partial charge >= 0.3 is 6.18 Å². The molecule has 0 saturated carbocycles. The Bertz CT molecular complexity index is 1040. The fraction of sp³-hybridized carbons (Fsp3) is 0.238. The van der Waals surface area contributed by atoms with Gasteiger partial charge in [0.1, 0.15) is 11.8 Å². The number of alkyl halides is 3. The smallest absolute Gasteiger partial charge is 0.368 e. The molecule has 1 atom stereocenters. The third-order valence-corrected chi connectivity index (χ3v) is 4.73. The SMILES string of the molecule is O=C(c1ccccn1)N1CCOC(c2nccnc2-c2cccc(C(F)(F)F)c2)C1. The Morgan fingerprint density at radius 3 is 2.63 bits per heavy atom. The maximum absolute atomic E-state index is 13.1. The lowest BCUT2D eigenvalue weighted by Crippen LogP contribution is -2.42. The molecule has 30 heavy (non-hydrogen) atoms. The second-order valence-corrected chi connectivity index (χ2v) is 6.69. The van der Waals surface area contributed by atoms with E-state index in [2.05, 4.69) is 15.0 Å². The van der Waals surface area contributed by atoms with Gasteiger partial charge in [-0.15, -0.1) is 0 Å². The summed E-state index contributed by atoms with van der Waals surface area (Å²) in [5, 5.41) is 0. The number of amides is 1. The monoisotopic (exact) mass is 414 g/mol. The summed E-state index contributed by atoms with van der Waals surface area (Å²) >= 11 is 0. The van der Waals surface area contributed by atoms with E-state index in [0.717, 1.165) is 12.1 Å². The zero-order valence-corrected chi connectivity index (χ0v) is 15.7. The number of carbonyl (C=O) groups is 1. The molecule has 1 saturated heterocycles. The van der Waals surface area contributed by atoms with Crippen LogP contribution in [0, 0.1) is 0 Å². The van der Waals surface area contributed by atoms with Crippen LogP contribution in [-0.2, 0) is 10.9 Å². The van der Waals surface area contributed by atoms with Gasteiger partial charge in [0.15, 0.2) is 0 Å². The number of pyridine rings is 1. The molecule has 4 rings (SSSR count). The molecule has 0 N–H and O–H groups in total. The van der Waals surface area contributed by atoms with Crippen LogP contribution >= 0.6 is 0 Å². The number of ether oxygens (including phenoxy) is 1. The van der Waals surface area contributed by atoms with E-state index in [0.29, 0.717) is 23.6 Å². The first-order valence-electron chi connectivity index (χ1n) is 9.24. The molecule has 1 aliphatic rings. The van der Waals surface area contributed by atoms with Crippen molar-refractivity contribution in [1.29, 1.82) is 0 Å². The van der Waals surface area contributed by atoms with Crippen LogP contribution in [0.15, 0.2) is 61.1 Å². The van der Waals surface area contributed by atoms with Gasteiger partial charge in [0.2, 0.25) is 0 Å². The van der Waals surface area contributed by atoms with Crippen molar-refractivity contribution < 1.29 is 22.7 Å². The largest absolute Gasteiger partial charge is 0.416 e. The van der Waals surface area contributed by atoms with Crippen molar-refractivity contribution in [3.05, 3.63) is 78.0 Å². The quantitative estimate of drug-likeness (QED) is 0.653. The Morgan fingerprint density at radius 2 is 1.87 bits per heavy atom. The van der Waals surface area contributed by atoms with Gasteiger partial charge < -0.3 is 9.64 Å². The predicted molar refractivity (Wildman–Crippen MR) is 101 cm³/mol. The fourth-order valence-electron chi connectivity index (χ4n) is 3.30. The van der Waals surface area contributed by atoms with Crippen LogP contribution in [0.2, 0.25) is 0 Å². The Balaban J connectivity index is 1.63. The number of rotatable bonds is 3. The first kappa shape index (κ1) is 20.0. The van der Waals surface area contributed by atoms with Gasteiger partial charge in [0.25, 0.3) is 5.91 Å². The minimum atomic E-state index is -4.47. The Hall–Kier alpha value is -3.33. The average molecular weight is 414 g/mol. The molecule has 6 nitrogen and oxygen atoms in total. The summed E-state index contributed by atoms with van der Waals surface area (Å²) in [6.45, 7) is 0.840. The molecule has 1 fully saturated rings. The van der Waals surface area contributed by atoms with Gasteiger partial charge in [0.05, 0.1) is 30.1 Å². The number of hydrogen-bond donors (Lipinski definition) is 0. The summed E-state index contributed by atoms with van der Waals surface area (Å²) in [5.74, 6) is -0.242. The summed E-state index contributed by atoms with van der Waals surface area (Å²) in [6.07, 6.45) is -0.677. The van der Waals surface area contributed by atoms with Crippen molar-refractivity contribution in [2.45, 2.75) is 12.3 Å². The van der Waals surface area contributed by atoms with E-state index in [1.165, 1.54) is 18.5 Å². The molecule has 2 aromatic heterocycles. The molecule has 0 radical (unpaired) electrons. The van der Waals surface area contributed by atoms with E-state index in [1.807, 2.05) is 0 Å². The van der Waals surface area contributed by atoms with Gasteiger partial charge in [-0.1, -0.05) is 18.2 Å². The van der Waals surface area contributed by atoms with Gasteiger partial charge in [-0.05, 0) is 24.3 Å². The molecule has 1 amide bonds. The van der Waals surface area contributed by atoms with Crippen molar-refractivity contribution in [1.82, 2.24) is 19.9 Å². The van der Waals surface area contributed by atoms with E-state index in [4.69, 9.17) is 4.74 Å². The highest BCUT2D eigenvalue weighted by Gasteiger charge is 2.32. The average Bonchev–Trinajstić information content (AvgIpc) is 2.79. The number of nitrogens with zero attached hydrogens (tertiary/aromatic N) is 4. The Kier molecular flexibility index (Phi) is 5.45. The van der Waals surface area contributed by atoms with Crippen molar-refractivity contribution in [2.24, 2.45) is 0 Å². The topological polar surface area (TPSA) is 68.2 Å². The van der Waals surface area contributed by atoms with Crippen LogP contribution in [0.1, 0.15) is 27.8 Å². The van der Waals surface area contributed by atoms with Crippen LogP contribution in [0.5, 0.6) is 0 Å². The third-order valence-electron chi connectivity index (χ3n) is 4.73. The van der Waals surface area contributed by atoms with Gasteiger partial charge in [-0.2, -0.15) is 13.2 Å². The number of morpholine rings is 1. The number of carbonyl (C=O) groups excluding carboxylic acids is 1. The second kappa shape index (κ2) is 8.19. The van der Waals surface area contributed by atoms with Crippen LogP contribution in [-0.4, -0.2) is 45.5 Å². The molecule has 9 heteroatoms. The van der Waals surface area contributed by atoms with Crippen LogP contribution in [0.25, 0.3) is 11.3 Å². The molecule has 154 valence electrons. The third kappa shape index (κ3) is 4.16. The molecule has 1 aromatic carbocycles. The predicted octanol–water partition coefficient (Wildman–Crippen LogP) is 3.77. The van der Waals surface area contributed by atoms with Crippen LogP contribution in [0.3, 0.4) is 0 Å². The van der Waals surface area contributed by atoms with E-state index >= 15 is 0 Å². The summed E-state index contributed by atoms with van der Waals surface area (Å²) < 4.78 is 45.2. The van der Waals surface area contributed by atoms with E-state index in [9.17, 15) is 18.0 Å². The summed E-state index contributed by atoms with van der Waals surface area (Å²) in [6, 6.07) is 9.99. The lowest BCUT2D eigenvalue weighted by molar-refractivity contribution is -0.137. The maximum atomic E-state index is 13.1. The number of halogens is 3. The summed E-state index contributed by atoms with van der Waals surface area (Å²) in [7, 11) is 0. The van der Waals surface area contributed by atoms with Crippen molar-refractivity contribution in [3.8, 4) is 11.3 Å². The molecule has 0 bridgehead atoms. The lowest BCUT2D eigenvalue weighted by atomic mass is 10.0. The highest BCUT2D eigenvalue weighted by molar-refractivity contribution is 5.92. The second-order valence-electron chi connectivity index (χ2n) is 6.69. The summed E-state index contributed by atoms with van der Waals surface area (Å²) in [4.78, 5) is 27.0. The van der Waals surface area contributed by atoms with Crippen LogP contribution in [0.4, 0.5) is 13.2 Å². The lowest BCUT2D eigenvalue weighted by Gasteiger charge is -2.33. The molecular weight excluding hydrogens is 397 g/mol. The zero-order valence-electron chi connectivity index (χ0n) is 15.7. The zero-order chi connectivity index (χ0) is 21.1. The van der Waals surface area contributed by atoms with Gasteiger partial charge in [-0.25, -0.2) is 0 Å². The fourth-order valence-corrected chi connectivity index (χ4v) is 3.30. The molecule has 3 heterocycles. The van der Waals surface area contributed by atoms with Crippen molar-refractivity contribution in [2.75, 3.05) is 19.7 Å². The number of benzene rings is 1. The highest BCUT2D eigenvalue weighted by atomic mass is 19.4. The molecule has 3 aromatic rings. The molecule has 0 aliphatic carbocycles. The van der Waals surface area contributed by atoms with E-state index in [1.54, 1.807) is 35.4 Å². The van der Waals surface area contributed by atoms with Gasteiger partial charge in [0, 0.05) is 30.7 Å². The standard InChI is InChI=1S/C21H17F3N4O2/c22-21(23,24)15-5-3-4-14(12-15)18-19(27-9-8-26-18)17-13-28(10-11-30-17)20(29)16-6-1-2-7-25-16/h1-9,12,17H,10-11,13H2.